The van der Waals surface area contributed by atoms with E-state index in [2.05, 4.69) is 13.8 Å². The van der Waals surface area contributed by atoms with E-state index in [9.17, 15) is 9.59 Å². The summed E-state index contributed by atoms with van der Waals surface area (Å²) in [6.45, 7) is 6.70. The van der Waals surface area contributed by atoms with Crippen molar-refractivity contribution in [3.63, 3.8) is 0 Å². The Balaban J connectivity index is 4.16. The van der Waals surface area contributed by atoms with Crippen LogP contribution in [0.25, 0.3) is 0 Å². The SMILES string of the molecule is CCCCC(CC)COC(=O)CC(CC)C(=O)N(C)C. The minimum Gasteiger partial charge on any atom is -0.465 e. The number of carbonyl (C=O) groups is 2. The Morgan fingerprint density at radius 1 is 1.10 bits per heavy atom. The van der Waals surface area contributed by atoms with E-state index in [-0.39, 0.29) is 24.2 Å². The van der Waals surface area contributed by atoms with Crippen LogP contribution in [-0.4, -0.2) is 37.5 Å². The van der Waals surface area contributed by atoms with Crippen molar-refractivity contribution >= 4 is 11.9 Å². The molecule has 20 heavy (non-hydrogen) atoms. The van der Waals surface area contributed by atoms with Crippen LogP contribution in [0.5, 0.6) is 0 Å². The molecule has 0 radical (unpaired) electrons. The lowest BCUT2D eigenvalue weighted by Crippen LogP contribution is -2.31. The maximum absolute atomic E-state index is 11.9. The molecule has 118 valence electrons. The third-order valence-corrected chi connectivity index (χ3v) is 3.72. The highest BCUT2D eigenvalue weighted by atomic mass is 16.5. The van der Waals surface area contributed by atoms with Gasteiger partial charge in [-0.2, -0.15) is 0 Å². The van der Waals surface area contributed by atoms with Crippen LogP contribution in [0.1, 0.15) is 59.3 Å². The van der Waals surface area contributed by atoms with E-state index >= 15 is 0 Å². The monoisotopic (exact) mass is 285 g/mol. The average Bonchev–Trinajstić information content (AvgIpc) is 2.44. The first-order valence-electron chi connectivity index (χ1n) is 7.82. The molecule has 2 atom stereocenters. The molecule has 0 saturated carbocycles. The predicted molar refractivity (Wildman–Crippen MR) is 81.4 cm³/mol. The topological polar surface area (TPSA) is 46.6 Å². The summed E-state index contributed by atoms with van der Waals surface area (Å²) in [5, 5.41) is 0. The van der Waals surface area contributed by atoms with Gasteiger partial charge in [0.05, 0.1) is 13.0 Å². The number of nitrogens with zero attached hydrogens (tertiary/aromatic N) is 1. The Morgan fingerprint density at radius 3 is 2.20 bits per heavy atom. The summed E-state index contributed by atoms with van der Waals surface area (Å²) < 4.78 is 5.34. The standard InChI is InChI=1S/C16H31NO3/c1-6-9-10-13(7-2)12-20-15(18)11-14(8-3)16(19)17(4)5/h13-14H,6-12H2,1-5H3. The summed E-state index contributed by atoms with van der Waals surface area (Å²) in [7, 11) is 3.43. The van der Waals surface area contributed by atoms with Crippen LogP contribution in [0.15, 0.2) is 0 Å². The van der Waals surface area contributed by atoms with Crippen LogP contribution in [0.2, 0.25) is 0 Å². The molecule has 4 heteroatoms. The smallest absolute Gasteiger partial charge is 0.306 e. The van der Waals surface area contributed by atoms with Gasteiger partial charge in [-0.25, -0.2) is 0 Å². The van der Waals surface area contributed by atoms with Crippen molar-refractivity contribution in [3.05, 3.63) is 0 Å². The summed E-state index contributed by atoms with van der Waals surface area (Å²) in [6.07, 6.45) is 5.33. The van der Waals surface area contributed by atoms with Crippen LogP contribution >= 0.6 is 0 Å². The molecule has 0 aliphatic rings. The van der Waals surface area contributed by atoms with E-state index in [0.717, 1.165) is 12.8 Å². The molecule has 0 rings (SSSR count). The summed E-state index contributed by atoms with van der Waals surface area (Å²) in [6, 6.07) is 0. The molecule has 1 amide bonds. The summed E-state index contributed by atoms with van der Waals surface area (Å²) in [4.78, 5) is 25.2. The molecule has 0 heterocycles. The largest absolute Gasteiger partial charge is 0.465 e. The van der Waals surface area contributed by atoms with Crippen LogP contribution < -0.4 is 0 Å². The molecule has 0 aromatic carbocycles. The van der Waals surface area contributed by atoms with Gasteiger partial charge in [0.25, 0.3) is 0 Å². The zero-order chi connectivity index (χ0) is 15.5. The van der Waals surface area contributed by atoms with Gasteiger partial charge in [-0.05, 0) is 18.8 Å². The molecule has 0 aromatic heterocycles. The van der Waals surface area contributed by atoms with Crippen molar-refractivity contribution in [1.29, 1.82) is 0 Å². The maximum atomic E-state index is 11.9. The van der Waals surface area contributed by atoms with E-state index in [1.807, 2.05) is 6.92 Å². The number of esters is 1. The molecule has 0 spiro atoms. The van der Waals surface area contributed by atoms with E-state index in [4.69, 9.17) is 4.74 Å². The van der Waals surface area contributed by atoms with E-state index in [1.165, 1.54) is 17.7 Å². The fourth-order valence-corrected chi connectivity index (χ4v) is 2.14. The molecule has 0 fully saturated rings. The number of hydrogen-bond donors (Lipinski definition) is 0. The lowest BCUT2D eigenvalue weighted by molar-refractivity contribution is -0.149. The normalized spacial score (nSPS) is 13.7. The molecule has 0 aliphatic heterocycles. The number of ether oxygens (including phenoxy) is 1. The zero-order valence-electron chi connectivity index (χ0n) is 13.8. The third-order valence-electron chi connectivity index (χ3n) is 3.72. The molecule has 0 aliphatic carbocycles. The molecule has 0 saturated heterocycles. The molecule has 0 aromatic rings. The van der Waals surface area contributed by atoms with Gasteiger partial charge in [0.1, 0.15) is 0 Å². The number of amides is 1. The van der Waals surface area contributed by atoms with Crippen LogP contribution in [0.3, 0.4) is 0 Å². The lowest BCUT2D eigenvalue weighted by atomic mass is 10.00. The minimum absolute atomic E-state index is 0.00229. The summed E-state index contributed by atoms with van der Waals surface area (Å²) in [5.41, 5.74) is 0. The number of unbranched alkanes of at least 4 members (excludes halogenated alkanes) is 1. The number of rotatable bonds is 10. The Morgan fingerprint density at radius 2 is 1.75 bits per heavy atom. The van der Waals surface area contributed by atoms with Gasteiger partial charge in [0, 0.05) is 20.0 Å². The Kier molecular flexibility index (Phi) is 10.1. The van der Waals surface area contributed by atoms with Gasteiger partial charge in [-0.1, -0.05) is 40.0 Å². The molecule has 4 nitrogen and oxygen atoms in total. The second-order valence-corrected chi connectivity index (χ2v) is 5.64. The van der Waals surface area contributed by atoms with Crippen molar-refractivity contribution in [3.8, 4) is 0 Å². The lowest BCUT2D eigenvalue weighted by Gasteiger charge is -2.19. The summed E-state index contributed by atoms with van der Waals surface area (Å²) >= 11 is 0. The molecule has 0 bridgehead atoms. The highest BCUT2D eigenvalue weighted by Gasteiger charge is 2.22. The van der Waals surface area contributed by atoms with Gasteiger partial charge in [0.15, 0.2) is 0 Å². The van der Waals surface area contributed by atoms with Gasteiger partial charge in [-0.15, -0.1) is 0 Å². The van der Waals surface area contributed by atoms with Crippen molar-refractivity contribution in [2.24, 2.45) is 11.8 Å². The molecule has 2 unspecified atom stereocenters. The number of hydrogen-bond acceptors (Lipinski definition) is 3. The van der Waals surface area contributed by atoms with Crippen LogP contribution in [0, 0.1) is 11.8 Å². The van der Waals surface area contributed by atoms with Crippen molar-refractivity contribution in [1.82, 2.24) is 4.90 Å². The predicted octanol–water partition coefficient (Wildman–Crippen LogP) is 3.25. The van der Waals surface area contributed by atoms with Crippen molar-refractivity contribution in [2.45, 2.75) is 59.3 Å². The Labute approximate surface area is 123 Å². The van der Waals surface area contributed by atoms with Gasteiger partial charge in [-0.3, -0.25) is 9.59 Å². The molecular formula is C16H31NO3. The minimum atomic E-state index is -0.256. The van der Waals surface area contributed by atoms with Gasteiger partial charge in [0.2, 0.25) is 5.91 Å². The third kappa shape index (κ3) is 7.51. The fourth-order valence-electron chi connectivity index (χ4n) is 2.14. The fraction of sp³-hybridized carbons (Fsp3) is 0.875. The highest BCUT2D eigenvalue weighted by Crippen LogP contribution is 2.15. The molecular weight excluding hydrogens is 254 g/mol. The van der Waals surface area contributed by atoms with Crippen molar-refractivity contribution < 1.29 is 14.3 Å². The molecule has 0 N–H and O–H groups in total. The first kappa shape index (κ1) is 18.9. The Hall–Kier alpha value is -1.06. The van der Waals surface area contributed by atoms with Crippen molar-refractivity contribution in [2.75, 3.05) is 20.7 Å². The zero-order valence-corrected chi connectivity index (χ0v) is 13.8. The average molecular weight is 285 g/mol. The first-order valence-corrected chi connectivity index (χ1v) is 7.82. The second-order valence-electron chi connectivity index (χ2n) is 5.64. The van der Waals surface area contributed by atoms with E-state index < -0.39 is 0 Å². The number of carbonyl (C=O) groups excluding carboxylic acids is 2. The quantitative estimate of drug-likeness (QED) is 0.579. The second kappa shape index (κ2) is 10.7. The first-order chi connectivity index (χ1) is 9.46. The van der Waals surface area contributed by atoms with E-state index in [0.29, 0.717) is 18.9 Å². The van der Waals surface area contributed by atoms with E-state index in [1.54, 1.807) is 14.1 Å². The summed E-state index contributed by atoms with van der Waals surface area (Å²) in [5.74, 6) is -0.0544. The van der Waals surface area contributed by atoms with Gasteiger partial charge >= 0.3 is 5.97 Å². The van der Waals surface area contributed by atoms with Crippen LogP contribution in [0.4, 0.5) is 0 Å². The van der Waals surface area contributed by atoms with Gasteiger partial charge < -0.3 is 9.64 Å². The van der Waals surface area contributed by atoms with Crippen LogP contribution in [-0.2, 0) is 14.3 Å². The maximum Gasteiger partial charge on any atom is 0.306 e. The Bertz CT molecular complexity index is 289. The highest BCUT2D eigenvalue weighted by molar-refractivity contribution is 5.83.